The Morgan fingerprint density at radius 2 is 2.00 bits per heavy atom. The van der Waals surface area contributed by atoms with Gasteiger partial charge in [-0.2, -0.15) is 0 Å². The molecule has 0 saturated heterocycles. The molecule has 0 atom stereocenters. The molecular formula is C21H23ClN2OS3. The van der Waals surface area contributed by atoms with Gasteiger partial charge in [0.15, 0.2) is 0 Å². The number of fused-ring (bicyclic) bond motifs is 1. The Hall–Kier alpha value is -1.31. The van der Waals surface area contributed by atoms with Crippen molar-refractivity contribution >= 4 is 62.6 Å². The van der Waals surface area contributed by atoms with Crippen LogP contribution in [0.3, 0.4) is 0 Å². The molecule has 1 aromatic carbocycles. The van der Waals surface area contributed by atoms with Crippen LogP contribution in [0.2, 0.25) is 5.02 Å². The zero-order chi connectivity index (χ0) is 20.3. The Balaban J connectivity index is 1.93. The molecule has 0 aliphatic rings. The summed E-state index contributed by atoms with van der Waals surface area (Å²) in [4.78, 5) is 3.05. The number of aromatic nitrogens is 1. The number of pyridine rings is 1. The highest BCUT2D eigenvalue weighted by Gasteiger charge is 2.15. The van der Waals surface area contributed by atoms with Crippen molar-refractivity contribution in [1.29, 1.82) is 0 Å². The molecule has 2 heterocycles. The van der Waals surface area contributed by atoms with E-state index in [0.717, 1.165) is 43.7 Å². The van der Waals surface area contributed by atoms with E-state index in [2.05, 4.69) is 36.0 Å². The number of aliphatic hydroxyl groups excluding tert-OH is 1. The number of aliphatic hydroxyl groups is 1. The van der Waals surface area contributed by atoms with Crippen LogP contribution in [-0.2, 0) is 13.0 Å². The molecule has 0 amide bonds. The third kappa shape index (κ3) is 4.81. The van der Waals surface area contributed by atoms with Crippen molar-refractivity contribution in [1.82, 2.24) is 9.88 Å². The summed E-state index contributed by atoms with van der Waals surface area (Å²) in [7, 11) is 0. The summed E-state index contributed by atoms with van der Waals surface area (Å²) >= 11 is 19.2. The number of hydrogen-bond donors (Lipinski definition) is 2. The van der Waals surface area contributed by atoms with Gasteiger partial charge in [0.05, 0.1) is 4.51 Å². The highest BCUT2D eigenvalue weighted by atomic mass is 35.5. The number of benzene rings is 1. The van der Waals surface area contributed by atoms with Crippen molar-refractivity contribution in [3.63, 3.8) is 0 Å². The van der Waals surface area contributed by atoms with E-state index >= 15 is 0 Å². The molecule has 2 aromatic heterocycles. The quantitative estimate of drug-likeness (QED) is 0.429. The molecule has 2 N–H and O–H groups in total. The Kier molecular flexibility index (Phi) is 7.23. The molecule has 3 nitrogen and oxygen atoms in total. The molecule has 3 aromatic rings. The van der Waals surface area contributed by atoms with Crippen LogP contribution in [0, 0.1) is 4.51 Å². The summed E-state index contributed by atoms with van der Waals surface area (Å²) in [6.45, 7) is 5.13. The molecule has 0 fully saturated rings. The molecule has 0 unspecified atom stereocenters. The van der Waals surface area contributed by atoms with Crippen LogP contribution in [0.5, 0.6) is 0 Å². The molecule has 0 bridgehead atoms. The second-order valence-electron chi connectivity index (χ2n) is 6.94. The molecular weight excluding hydrogens is 428 g/mol. The zero-order valence-electron chi connectivity index (χ0n) is 15.9. The zero-order valence-corrected chi connectivity index (χ0v) is 19.1. The van der Waals surface area contributed by atoms with Crippen LogP contribution >= 0.6 is 47.4 Å². The van der Waals surface area contributed by atoms with E-state index in [1.807, 2.05) is 24.3 Å². The lowest BCUT2D eigenvalue weighted by Crippen LogP contribution is -2.23. The first-order valence-corrected chi connectivity index (χ1v) is 11.2. The summed E-state index contributed by atoms with van der Waals surface area (Å²) in [5.41, 5.74) is 1.99. The van der Waals surface area contributed by atoms with Gasteiger partial charge in [-0.15, -0.1) is 11.3 Å². The van der Waals surface area contributed by atoms with Gasteiger partial charge in [-0.3, -0.25) is 0 Å². The standard InChI is InChI=1S/C21H23ClN2OS3/c1-13(2)24-12-18(20(27)23-11-14-5-7-15(22)8-6-14)19(26)17-10-16(4-3-9-25)28-21(17)24/h5-8,10,12-13,25H,3-4,9,11H2,1-2H3,(H,23,27). The smallest absolute Gasteiger partial charge is 0.109 e. The van der Waals surface area contributed by atoms with Crippen molar-refractivity contribution in [2.45, 2.75) is 39.3 Å². The van der Waals surface area contributed by atoms with Crippen LogP contribution in [0.1, 0.15) is 42.3 Å². The maximum Gasteiger partial charge on any atom is 0.109 e. The van der Waals surface area contributed by atoms with Gasteiger partial charge in [0.2, 0.25) is 0 Å². The van der Waals surface area contributed by atoms with Gasteiger partial charge in [0.1, 0.15) is 9.82 Å². The van der Waals surface area contributed by atoms with Crippen molar-refractivity contribution in [2.24, 2.45) is 0 Å². The van der Waals surface area contributed by atoms with Gasteiger partial charge in [0, 0.05) is 46.2 Å². The van der Waals surface area contributed by atoms with Crippen molar-refractivity contribution < 1.29 is 5.11 Å². The first-order valence-electron chi connectivity index (χ1n) is 9.21. The van der Waals surface area contributed by atoms with E-state index in [-0.39, 0.29) is 6.61 Å². The van der Waals surface area contributed by atoms with Crippen molar-refractivity contribution in [3.8, 4) is 0 Å². The van der Waals surface area contributed by atoms with Crippen molar-refractivity contribution in [2.75, 3.05) is 6.61 Å². The summed E-state index contributed by atoms with van der Waals surface area (Å²) in [6.07, 6.45) is 3.69. The lowest BCUT2D eigenvalue weighted by atomic mass is 10.1. The average Bonchev–Trinajstić information content (AvgIpc) is 3.10. The number of nitrogens with one attached hydrogen (secondary N) is 1. The predicted octanol–water partition coefficient (Wildman–Crippen LogP) is 6.06. The van der Waals surface area contributed by atoms with Crippen LogP contribution in [0.25, 0.3) is 10.2 Å². The fourth-order valence-corrected chi connectivity index (χ4v) is 5.09. The predicted molar refractivity (Wildman–Crippen MR) is 126 cm³/mol. The van der Waals surface area contributed by atoms with Crippen LogP contribution in [-0.4, -0.2) is 21.3 Å². The summed E-state index contributed by atoms with van der Waals surface area (Å²) in [6, 6.07) is 10.2. The molecule has 7 heteroatoms. The second kappa shape index (κ2) is 9.46. The third-order valence-electron chi connectivity index (χ3n) is 4.50. The Bertz CT molecular complexity index is 1040. The number of thiophene rings is 1. The number of rotatable bonds is 7. The van der Waals surface area contributed by atoms with Crippen LogP contribution < -0.4 is 5.32 Å². The molecule has 0 aliphatic heterocycles. The number of thiocarbonyl (C=S) groups is 1. The van der Waals surface area contributed by atoms with Gasteiger partial charge >= 0.3 is 0 Å². The summed E-state index contributed by atoms with van der Waals surface area (Å²) in [5.74, 6) is 0. The normalized spacial score (nSPS) is 11.3. The van der Waals surface area contributed by atoms with E-state index in [9.17, 15) is 0 Å². The summed E-state index contributed by atoms with van der Waals surface area (Å²) < 4.78 is 3.02. The largest absolute Gasteiger partial charge is 0.396 e. The Morgan fingerprint density at radius 1 is 1.29 bits per heavy atom. The van der Waals surface area contributed by atoms with Gasteiger partial charge < -0.3 is 15.0 Å². The minimum Gasteiger partial charge on any atom is -0.396 e. The molecule has 0 aliphatic carbocycles. The lowest BCUT2D eigenvalue weighted by molar-refractivity contribution is 0.289. The Morgan fingerprint density at radius 3 is 2.64 bits per heavy atom. The molecule has 0 saturated carbocycles. The number of hydrogen-bond acceptors (Lipinski definition) is 4. The van der Waals surface area contributed by atoms with Gasteiger partial charge in [0.25, 0.3) is 0 Å². The second-order valence-corrected chi connectivity index (χ2v) is 9.31. The molecule has 3 rings (SSSR count). The number of aryl methyl sites for hydroxylation is 1. The molecule has 148 valence electrons. The highest BCUT2D eigenvalue weighted by Crippen LogP contribution is 2.31. The number of nitrogens with zero attached hydrogens (tertiary/aromatic N) is 1. The van der Waals surface area contributed by atoms with Crippen LogP contribution in [0.4, 0.5) is 0 Å². The first-order chi connectivity index (χ1) is 13.4. The molecule has 0 radical (unpaired) electrons. The van der Waals surface area contributed by atoms with Gasteiger partial charge in [-0.05, 0) is 50.5 Å². The molecule has 0 spiro atoms. The third-order valence-corrected chi connectivity index (χ3v) is 6.77. The fraction of sp³-hybridized carbons (Fsp3) is 0.333. The summed E-state index contributed by atoms with van der Waals surface area (Å²) in [5, 5.41) is 14.2. The van der Waals surface area contributed by atoms with Crippen LogP contribution in [0.15, 0.2) is 36.5 Å². The van der Waals surface area contributed by atoms with E-state index in [0.29, 0.717) is 17.6 Å². The van der Waals surface area contributed by atoms with Crippen molar-refractivity contribution in [3.05, 3.63) is 62.1 Å². The van der Waals surface area contributed by atoms with E-state index in [4.69, 9.17) is 41.1 Å². The maximum atomic E-state index is 9.13. The van der Waals surface area contributed by atoms with E-state index < -0.39 is 0 Å². The molecule has 28 heavy (non-hydrogen) atoms. The monoisotopic (exact) mass is 450 g/mol. The van der Waals surface area contributed by atoms with E-state index in [1.165, 1.54) is 4.88 Å². The Labute approximate surface area is 185 Å². The SMILES string of the molecule is CC(C)n1cc(C(=S)NCc2ccc(Cl)cc2)c(=S)c2cc(CCCO)sc21. The minimum atomic E-state index is 0.198. The van der Waals surface area contributed by atoms with Gasteiger partial charge in [-0.1, -0.05) is 48.2 Å². The minimum absolute atomic E-state index is 0.198. The highest BCUT2D eigenvalue weighted by molar-refractivity contribution is 7.80. The average molecular weight is 451 g/mol. The van der Waals surface area contributed by atoms with E-state index in [1.54, 1.807) is 11.3 Å². The van der Waals surface area contributed by atoms with Gasteiger partial charge in [-0.25, -0.2) is 0 Å². The maximum absolute atomic E-state index is 9.13. The lowest BCUT2D eigenvalue weighted by Gasteiger charge is -2.16. The fourth-order valence-electron chi connectivity index (χ4n) is 2.99. The first kappa shape index (κ1) is 21.4. The number of halogens is 1. The topological polar surface area (TPSA) is 37.2 Å².